The summed E-state index contributed by atoms with van der Waals surface area (Å²) in [5.41, 5.74) is 1.62. The third-order valence-electron chi connectivity index (χ3n) is 4.12. The van der Waals surface area contributed by atoms with Crippen LogP contribution in [0.5, 0.6) is 0 Å². The van der Waals surface area contributed by atoms with Gasteiger partial charge in [0.15, 0.2) is 0 Å². The standard InChI is InChI=1S/C16H15NS/c18-12-17-11-16(8-3-9-16)15-7-6-13-4-1-2-5-14(13)10-15/h1-2,4-7,10H,3,8-9,11H2. The molecule has 1 aliphatic carbocycles. The average Bonchev–Trinajstić information content (AvgIpc) is 2.37. The maximum absolute atomic E-state index is 4.70. The summed E-state index contributed by atoms with van der Waals surface area (Å²) in [6, 6.07) is 15.3. The number of thiocarbonyl (C=S) groups is 1. The van der Waals surface area contributed by atoms with E-state index in [2.05, 4.69) is 52.6 Å². The Morgan fingerprint density at radius 3 is 2.56 bits per heavy atom. The first kappa shape index (κ1) is 11.6. The minimum Gasteiger partial charge on any atom is -0.232 e. The van der Waals surface area contributed by atoms with Gasteiger partial charge in [0.05, 0.1) is 11.7 Å². The zero-order valence-electron chi connectivity index (χ0n) is 10.2. The molecule has 0 amide bonds. The first-order chi connectivity index (χ1) is 8.84. The molecule has 0 atom stereocenters. The molecule has 0 aromatic heterocycles. The lowest BCUT2D eigenvalue weighted by Gasteiger charge is -2.41. The summed E-state index contributed by atoms with van der Waals surface area (Å²) in [6.45, 7) is 0.787. The first-order valence-corrected chi connectivity index (χ1v) is 6.78. The predicted molar refractivity (Wildman–Crippen MR) is 79.4 cm³/mol. The molecule has 0 N–H and O–H groups in total. The maximum Gasteiger partial charge on any atom is 0.0589 e. The van der Waals surface area contributed by atoms with Crippen LogP contribution in [-0.4, -0.2) is 11.7 Å². The molecule has 18 heavy (non-hydrogen) atoms. The van der Waals surface area contributed by atoms with E-state index in [1.165, 1.54) is 35.6 Å². The molecule has 0 aliphatic heterocycles. The molecular formula is C16H15NS. The van der Waals surface area contributed by atoms with Crippen LogP contribution in [-0.2, 0) is 5.41 Å². The van der Waals surface area contributed by atoms with Crippen molar-refractivity contribution in [2.45, 2.75) is 24.7 Å². The van der Waals surface area contributed by atoms with Crippen molar-refractivity contribution < 1.29 is 0 Å². The fraction of sp³-hybridized carbons (Fsp3) is 0.312. The largest absolute Gasteiger partial charge is 0.232 e. The van der Waals surface area contributed by atoms with Gasteiger partial charge in [0.1, 0.15) is 0 Å². The number of fused-ring (bicyclic) bond motifs is 1. The minimum atomic E-state index is 0.218. The van der Waals surface area contributed by atoms with E-state index in [1.54, 1.807) is 0 Å². The fourth-order valence-corrected chi connectivity index (χ4v) is 2.91. The van der Waals surface area contributed by atoms with Crippen molar-refractivity contribution in [2.24, 2.45) is 4.99 Å². The van der Waals surface area contributed by atoms with Gasteiger partial charge in [0.2, 0.25) is 0 Å². The van der Waals surface area contributed by atoms with Crippen molar-refractivity contribution >= 4 is 28.2 Å². The van der Waals surface area contributed by atoms with E-state index in [4.69, 9.17) is 12.2 Å². The molecule has 1 fully saturated rings. The van der Waals surface area contributed by atoms with Gasteiger partial charge < -0.3 is 0 Å². The van der Waals surface area contributed by atoms with Crippen LogP contribution in [0.4, 0.5) is 0 Å². The molecule has 3 rings (SSSR count). The Kier molecular flexibility index (Phi) is 2.99. The Morgan fingerprint density at radius 2 is 1.89 bits per heavy atom. The van der Waals surface area contributed by atoms with Crippen molar-refractivity contribution in [3.63, 3.8) is 0 Å². The van der Waals surface area contributed by atoms with Gasteiger partial charge in [0, 0.05) is 5.41 Å². The van der Waals surface area contributed by atoms with E-state index in [1.807, 2.05) is 0 Å². The summed E-state index contributed by atoms with van der Waals surface area (Å²) < 4.78 is 0. The zero-order chi connectivity index (χ0) is 12.4. The highest BCUT2D eigenvalue weighted by Crippen LogP contribution is 2.44. The Hall–Kier alpha value is -1.50. The van der Waals surface area contributed by atoms with Gasteiger partial charge in [-0.1, -0.05) is 48.9 Å². The summed E-state index contributed by atoms with van der Waals surface area (Å²) in [5.74, 6) is 0. The summed E-state index contributed by atoms with van der Waals surface area (Å²) in [7, 11) is 0. The summed E-state index contributed by atoms with van der Waals surface area (Å²) in [5, 5.41) is 5.12. The smallest absolute Gasteiger partial charge is 0.0589 e. The van der Waals surface area contributed by atoms with Crippen molar-refractivity contribution in [3.05, 3.63) is 48.0 Å². The van der Waals surface area contributed by atoms with Gasteiger partial charge >= 0.3 is 0 Å². The van der Waals surface area contributed by atoms with Crippen LogP contribution in [0, 0.1) is 0 Å². The quantitative estimate of drug-likeness (QED) is 0.584. The predicted octanol–water partition coefficient (Wildman–Crippen LogP) is 4.36. The van der Waals surface area contributed by atoms with Gasteiger partial charge in [-0.15, -0.1) is 0 Å². The van der Waals surface area contributed by atoms with Crippen molar-refractivity contribution in [2.75, 3.05) is 6.54 Å². The fourth-order valence-electron chi connectivity index (χ4n) is 2.84. The molecule has 0 heterocycles. The second-order valence-corrected chi connectivity index (χ2v) is 5.29. The normalized spacial score (nSPS) is 16.9. The number of hydrogen-bond donors (Lipinski definition) is 0. The van der Waals surface area contributed by atoms with Crippen LogP contribution in [0.3, 0.4) is 0 Å². The summed E-state index contributed by atoms with van der Waals surface area (Å²) >= 11 is 4.70. The van der Waals surface area contributed by atoms with E-state index in [9.17, 15) is 0 Å². The molecule has 0 radical (unpaired) electrons. The molecule has 0 bridgehead atoms. The third kappa shape index (κ3) is 1.88. The number of benzene rings is 2. The van der Waals surface area contributed by atoms with Crippen molar-refractivity contribution in [1.29, 1.82) is 0 Å². The van der Waals surface area contributed by atoms with Gasteiger partial charge in [-0.25, -0.2) is 4.99 Å². The minimum absolute atomic E-state index is 0.218. The van der Waals surface area contributed by atoms with Crippen molar-refractivity contribution in [1.82, 2.24) is 0 Å². The van der Waals surface area contributed by atoms with Gasteiger partial charge in [-0.05, 0) is 41.4 Å². The van der Waals surface area contributed by atoms with Crippen LogP contribution in [0.1, 0.15) is 24.8 Å². The zero-order valence-corrected chi connectivity index (χ0v) is 11.0. The molecule has 2 heteroatoms. The highest BCUT2D eigenvalue weighted by molar-refractivity contribution is 7.78. The van der Waals surface area contributed by atoms with Crippen LogP contribution in [0.2, 0.25) is 0 Å². The third-order valence-corrected chi connectivity index (χ3v) is 4.25. The van der Waals surface area contributed by atoms with Crippen LogP contribution < -0.4 is 0 Å². The molecule has 0 spiro atoms. The van der Waals surface area contributed by atoms with Gasteiger partial charge in [-0.3, -0.25) is 0 Å². The van der Waals surface area contributed by atoms with E-state index < -0.39 is 0 Å². The number of aliphatic imine (C=N–C) groups is 1. The Labute approximate surface area is 113 Å². The summed E-state index contributed by atoms with van der Waals surface area (Å²) in [4.78, 5) is 4.19. The molecule has 1 nitrogen and oxygen atoms in total. The lowest BCUT2D eigenvalue weighted by atomic mass is 9.64. The van der Waals surface area contributed by atoms with Crippen molar-refractivity contribution in [3.8, 4) is 0 Å². The second-order valence-electron chi connectivity index (χ2n) is 5.10. The monoisotopic (exact) mass is 253 g/mol. The van der Waals surface area contributed by atoms with Crippen LogP contribution in [0.25, 0.3) is 10.8 Å². The SMILES string of the molecule is S=C=NCC1(c2ccc3ccccc3c2)CCC1. The molecule has 90 valence electrons. The highest BCUT2D eigenvalue weighted by atomic mass is 32.1. The molecular weight excluding hydrogens is 238 g/mol. The van der Waals surface area contributed by atoms with E-state index in [0.29, 0.717) is 0 Å². The average molecular weight is 253 g/mol. The number of rotatable bonds is 3. The second kappa shape index (κ2) is 4.64. The molecule has 1 saturated carbocycles. The molecule has 0 unspecified atom stereocenters. The molecule has 1 aliphatic rings. The number of isothiocyanates is 1. The molecule has 2 aromatic carbocycles. The van der Waals surface area contributed by atoms with Crippen LogP contribution in [0.15, 0.2) is 47.5 Å². The number of nitrogens with zero attached hydrogens (tertiary/aromatic N) is 1. The van der Waals surface area contributed by atoms with Gasteiger partial charge in [0.25, 0.3) is 0 Å². The maximum atomic E-state index is 4.70. The Balaban J connectivity index is 2.04. The summed E-state index contributed by atoms with van der Waals surface area (Å²) in [6.07, 6.45) is 3.72. The van der Waals surface area contributed by atoms with E-state index >= 15 is 0 Å². The lowest BCUT2D eigenvalue weighted by Crippen LogP contribution is -2.37. The number of hydrogen-bond acceptors (Lipinski definition) is 2. The molecule has 2 aromatic rings. The highest BCUT2D eigenvalue weighted by Gasteiger charge is 2.38. The molecule has 0 saturated heterocycles. The van der Waals surface area contributed by atoms with Gasteiger partial charge in [-0.2, -0.15) is 0 Å². The Bertz CT molecular complexity index is 622. The first-order valence-electron chi connectivity index (χ1n) is 6.37. The Morgan fingerprint density at radius 1 is 1.11 bits per heavy atom. The van der Waals surface area contributed by atoms with E-state index in [-0.39, 0.29) is 5.41 Å². The van der Waals surface area contributed by atoms with E-state index in [0.717, 1.165) is 6.54 Å². The van der Waals surface area contributed by atoms with Crippen LogP contribution >= 0.6 is 12.2 Å². The topological polar surface area (TPSA) is 12.4 Å². The lowest BCUT2D eigenvalue weighted by molar-refractivity contribution is 0.254.